The van der Waals surface area contributed by atoms with Crippen molar-refractivity contribution in [2.75, 3.05) is 13.2 Å². The minimum absolute atomic E-state index is 0.0985. The predicted octanol–water partition coefficient (Wildman–Crippen LogP) is 4.74. The number of rotatable bonds is 7. The van der Waals surface area contributed by atoms with Crippen LogP contribution in [-0.4, -0.2) is 73.9 Å². The summed E-state index contributed by atoms with van der Waals surface area (Å²) in [5, 5.41) is 25.8. The number of pyridine rings is 2. The second-order valence-electron chi connectivity index (χ2n) is 13.4. The summed E-state index contributed by atoms with van der Waals surface area (Å²) < 4.78 is 55.3. The molecule has 3 N–H and O–H groups in total. The number of halogens is 3. The number of hydrogen-bond donors (Lipinski definition) is 3. The molecule has 4 aromatic rings. The zero-order chi connectivity index (χ0) is 38.7. The standard InChI is InChI=1S/C38H36F3N5O8/c1-4-36(51)16-29(47)54-19-25-26(36)15-28-32-24(18-45(28)33(25)48)23(22-9-7-8-10-27(22)43-32)17-42-21-13-11-20(12-14-21)31-30(34(49)53-6-3)37(52,38(39,40)41)46(5-2)35(50)44-31/h7-15,17,30-31,51-52H,4-6,16,18-19H2,1-3H3,(H,44,50). The van der Waals surface area contributed by atoms with Crippen LogP contribution in [0.3, 0.4) is 0 Å². The van der Waals surface area contributed by atoms with Gasteiger partial charge in [-0.05, 0) is 55.7 Å². The number of hydrogen-bond acceptors (Lipinski definition) is 10. The number of esters is 2. The number of amides is 2. The van der Waals surface area contributed by atoms with Gasteiger partial charge in [0, 0.05) is 29.3 Å². The molecule has 5 heterocycles. The van der Waals surface area contributed by atoms with E-state index in [9.17, 15) is 42.6 Å². The molecule has 3 aliphatic heterocycles. The maximum Gasteiger partial charge on any atom is 0.437 e. The second-order valence-corrected chi connectivity index (χ2v) is 13.4. The summed E-state index contributed by atoms with van der Waals surface area (Å²) in [7, 11) is 0. The van der Waals surface area contributed by atoms with E-state index in [-0.39, 0.29) is 48.6 Å². The number of aliphatic hydroxyl groups is 2. The predicted molar refractivity (Wildman–Crippen MR) is 188 cm³/mol. The molecule has 2 amide bonds. The highest BCUT2D eigenvalue weighted by atomic mass is 19.4. The molecule has 1 saturated heterocycles. The Bertz CT molecular complexity index is 2290. The third-order valence-electron chi connectivity index (χ3n) is 10.5. The number of aromatic nitrogens is 2. The van der Waals surface area contributed by atoms with Crippen LogP contribution in [-0.2, 0) is 37.8 Å². The Morgan fingerprint density at radius 1 is 1.09 bits per heavy atom. The highest BCUT2D eigenvalue weighted by molar-refractivity contribution is 6.03. The first kappa shape index (κ1) is 36.7. The topological polar surface area (TPSA) is 173 Å². The molecule has 4 atom stereocenters. The Kier molecular flexibility index (Phi) is 9.08. The van der Waals surface area contributed by atoms with Crippen LogP contribution >= 0.6 is 0 Å². The lowest BCUT2D eigenvalue weighted by Gasteiger charge is -2.50. The molecule has 54 heavy (non-hydrogen) atoms. The molecule has 0 aliphatic carbocycles. The first-order chi connectivity index (χ1) is 25.7. The largest absolute Gasteiger partial charge is 0.466 e. The lowest BCUT2D eigenvalue weighted by Crippen LogP contribution is -2.74. The monoisotopic (exact) mass is 747 g/mol. The molecule has 0 radical (unpaired) electrons. The van der Waals surface area contributed by atoms with Crippen molar-refractivity contribution >= 4 is 40.8 Å². The van der Waals surface area contributed by atoms with Gasteiger partial charge in [0.15, 0.2) is 0 Å². The molecule has 3 aliphatic rings. The van der Waals surface area contributed by atoms with Crippen LogP contribution in [0.1, 0.15) is 67.5 Å². The molecule has 16 heteroatoms. The summed E-state index contributed by atoms with van der Waals surface area (Å²) in [6, 6.07) is 12.0. The number of cyclic esters (lactones) is 1. The van der Waals surface area contributed by atoms with Crippen molar-refractivity contribution in [1.29, 1.82) is 0 Å². The van der Waals surface area contributed by atoms with Gasteiger partial charge < -0.3 is 29.6 Å². The summed E-state index contributed by atoms with van der Waals surface area (Å²) in [6.07, 6.45) is -3.94. The number of nitrogens with one attached hydrogen (secondary N) is 1. The Hall–Kier alpha value is -5.61. The number of benzene rings is 2. The molecular weight excluding hydrogens is 711 g/mol. The van der Waals surface area contributed by atoms with Crippen LogP contribution in [0.15, 0.2) is 64.4 Å². The summed E-state index contributed by atoms with van der Waals surface area (Å²) in [6.45, 7) is 3.44. The smallest absolute Gasteiger partial charge is 0.437 e. The molecule has 13 nitrogen and oxygen atoms in total. The van der Waals surface area contributed by atoms with E-state index in [0.717, 1.165) is 5.39 Å². The number of para-hydroxylation sites is 1. The summed E-state index contributed by atoms with van der Waals surface area (Å²) in [5.74, 6) is -4.20. The van der Waals surface area contributed by atoms with Crippen LogP contribution in [0, 0.1) is 5.92 Å². The highest BCUT2D eigenvalue weighted by Crippen LogP contribution is 2.48. The molecule has 282 valence electrons. The number of aliphatic imine (C=N–C) groups is 1. The van der Waals surface area contributed by atoms with Gasteiger partial charge in [-0.25, -0.2) is 9.78 Å². The van der Waals surface area contributed by atoms with Crippen LogP contribution in [0.25, 0.3) is 22.3 Å². The van der Waals surface area contributed by atoms with Crippen LogP contribution in [0.5, 0.6) is 0 Å². The Balaban J connectivity index is 1.28. The van der Waals surface area contributed by atoms with Crippen molar-refractivity contribution < 1.29 is 47.2 Å². The highest BCUT2D eigenvalue weighted by Gasteiger charge is 2.70. The summed E-state index contributed by atoms with van der Waals surface area (Å²) >= 11 is 0. The quantitative estimate of drug-likeness (QED) is 0.157. The van der Waals surface area contributed by atoms with Gasteiger partial charge in [0.05, 0.1) is 53.8 Å². The van der Waals surface area contributed by atoms with Gasteiger partial charge in [-0.1, -0.05) is 37.3 Å². The van der Waals surface area contributed by atoms with E-state index in [4.69, 9.17) is 14.5 Å². The van der Waals surface area contributed by atoms with Crippen molar-refractivity contribution in [1.82, 2.24) is 19.8 Å². The van der Waals surface area contributed by atoms with Gasteiger partial charge in [-0.3, -0.25) is 24.3 Å². The van der Waals surface area contributed by atoms with Crippen molar-refractivity contribution in [2.24, 2.45) is 10.9 Å². The van der Waals surface area contributed by atoms with Gasteiger partial charge in [0.25, 0.3) is 11.3 Å². The third-order valence-corrected chi connectivity index (χ3v) is 10.5. The molecule has 0 spiro atoms. The average molecular weight is 748 g/mol. The number of fused-ring (bicyclic) bond motifs is 5. The average Bonchev–Trinajstić information content (AvgIpc) is 3.44. The number of carbonyl (C=O) groups is 3. The number of alkyl halides is 3. The number of urea groups is 1. The SMILES string of the molecule is CCOC(=O)C1C(c2ccc(N=Cc3c4c(nc5ccccc35)-c3cc5c(c(=O)n3C4)COC(=O)CC5(O)CC)cc2)NC(=O)N(CC)C1(O)C(F)(F)F. The van der Waals surface area contributed by atoms with Gasteiger partial charge in [0.2, 0.25) is 0 Å². The zero-order valence-electron chi connectivity index (χ0n) is 29.4. The molecular formula is C38H36F3N5O8. The summed E-state index contributed by atoms with van der Waals surface area (Å²) in [5.41, 5.74) is -2.02. The van der Waals surface area contributed by atoms with Gasteiger partial charge >= 0.3 is 24.1 Å². The third kappa shape index (κ3) is 5.71. The van der Waals surface area contributed by atoms with Crippen molar-refractivity contribution in [3.8, 4) is 11.4 Å². The zero-order valence-corrected chi connectivity index (χ0v) is 29.4. The van der Waals surface area contributed by atoms with Crippen LogP contribution in [0.4, 0.5) is 23.7 Å². The van der Waals surface area contributed by atoms with E-state index >= 15 is 0 Å². The normalized spacial score (nSPS) is 23.7. The molecule has 4 unspecified atom stereocenters. The van der Waals surface area contributed by atoms with Gasteiger partial charge in [0.1, 0.15) is 18.1 Å². The molecule has 1 fully saturated rings. The van der Waals surface area contributed by atoms with E-state index in [1.165, 1.54) is 42.7 Å². The minimum Gasteiger partial charge on any atom is -0.466 e. The molecule has 0 saturated carbocycles. The number of ether oxygens (including phenoxy) is 2. The maximum atomic E-state index is 14.5. The fourth-order valence-electron chi connectivity index (χ4n) is 7.68. The second kappa shape index (κ2) is 13.4. The van der Waals surface area contributed by atoms with Crippen LogP contribution < -0.4 is 10.9 Å². The van der Waals surface area contributed by atoms with E-state index in [2.05, 4.69) is 10.3 Å². The van der Waals surface area contributed by atoms with E-state index < -0.39 is 59.5 Å². The van der Waals surface area contributed by atoms with Gasteiger partial charge in [-0.15, -0.1) is 0 Å². The Labute approximate surface area is 306 Å². The minimum atomic E-state index is -5.40. The van der Waals surface area contributed by atoms with E-state index in [1.54, 1.807) is 25.3 Å². The van der Waals surface area contributed by atoms with Crippen molar-refractivity contribution in [3.63, 3.8) is 0 Å². The number of nitrogens with zero attached hydrogens (tertiary/aromatic N) is 4. The lowest BCUT2D eigenvalue weighted by atomic mass is 9.80. The first-order valence-corrected chi connectivity index (χ1v) is 17.4. The molecule has 0 bridgehead atoms. The maximum absolute atomic E-state index is 14.5. The molecule has 7 rings (SSSR count). The fraction of sp³-hybridized carbons (Fsp3) is 0.368. The van der Waals surface area contributed by atoms with Gasteiger partial charge in [-0.2, -0.15) is 13.2 Å². The van der Waals surface area contributed by atoms with Crippen LogP contribution in [0.2, 0.25) is 0 Å². The molecule has 2 aromatic carbocycles. The Morgan fingerprint density at radius 2 is 1.81 bits per heavy atom. The Morgan fingerprint density at radius 3 is 2.48 bits per heavy atom. The van der Waals surface area contributed by atoms with E-state index in [1.807, 2.05) is 18.2 Å². The van der Waals surface area contributed by atoms with Crippen molar-refractivity contribution in [3.05, 3.63) is 92.8 Å². The first-order valence-electron chi connectivity index (χ1n) is 17.4. The number of carbonyl (C=O) groups excluding carboxylic acids is 3. The van der Waals surface area contributed by atoms with Crippen molar-refractivity contribution in [2.45, 2.75) is 70.3 Å². The lowest BCUT2D eigenvalue weighted by molar-refractivity contribution is -0.331. The summed E-state index contributed by atoms with van der Waals surface area (Å²) in [4.78, 5) is 61.9. The molecule has 2 aromatic heterocycles. The van der Waals surface area contributed by atoms with E-state index in [0.29, 0.717) is 39.3 Å². The fourth-order valence-corrected chi connectivity index (χ4v) is 7.68.